The highest BCUT2D eigenvalue weighted by molar-refractivity contribution is 4.73. The molecule has 0 atom stereocenters. The van der Waals surface area contributed by atoms with Gasteiger partial charge in [0, 0.05) is 0 Å². The molecule has 0 aliphatic carbocycles. The molecule has 0 bridgehead atoms. The molecule has 0 saturated carbocycles. The van der Waals surface area contributed by atoms with Crippen LogP contribution in [0.4, 0.5) is 0 Å². The molecule has 1 heterocycles. The second-order valence-electron chi connectivity index (χ2n) is 8.99. The lowest BCUT2D eigenvalue weighted by Gasteiger charge is -2.32. The van der Waals surface area contributed by atoms with Crippen molar-refractivity contribution >= 4 is 0 Å². The summed E-state index contributed by atoms with van der Waals surface area (Å²) >= 11 is 0. The normalized spacial score (nSPS) is 18.6. The molecule has 1 fully saturated rings. The quantitative estimate of drug-likeness (QED) is 0.462. The first-order valence-electron chi connectivity index (χ1n) is 9.59. The van der Waals surface area contributed by atoms with Crippen LogP contribution in [0.1, 0.15) is 92.4 Å². The fraction of sp³-hybridized carbons (Fsp3) is 1.00. The third-order valence-electron chi connectivity index (χ3n) is 4.91. The average molecular weight is 296 g/mol. The highest BCUT2D eigenvalue weighted by Gasteiger charge is 2.19. The number of unbranched alkanes of at least 4 members (excludes halogenated alkanes) is 4. The van der Waals surface area contributed by atoms with Crippen LogP contribution in [-0.4, -0.2) is 24.5 Å². The fourth-order valence-corrected chi connectivity index (χ4v) is 3.63. The van der Waals surface area contributed by atoms with Crippen LogP contribution in [-0.2, 0) is 0 Å². The van der Waals surface area contributed by atoms with Crippen LogP contribution in [0.2, 0.25) is 0 Å². The standard InChI is InChI=1S/C20H41N/c1-18(2)17-19-11-15-21(16-12-19)14-10-8-6-7-9-13-20(3,4)5/h18-19H,6-17H2,1-5H3. The predicted molar refractivity (Wildman–Crippen MR) is 95.8 cm³/mol. The van der Waals surface area contributed by atoms with Gasteiger partial charge in [0.25, 0.3) is 0 Å². The van der Waals surface area contributed by atoms with Gasteiger partial charge in [0.1, 0.15) is 0 Å². The minimum absolute atomic E-state index is 0.528. The zero-order chi connectivity index (χ0) is 15.7. The van der Waals surface area contributed by atoms with Gasteiger partial charge in [-0.1, -0.05) is 60.3 Å². The van der Waals surface area contributed by atoms with Crippen LogP contribution in [0.5, 0.6) is 0 Å². The van der Waals surface area contributed by atoms with Gasteiger partial charge in [-0.15, -0.1) is 0 Å². The van der Waals surface area contributed by atoms with E-state index in [1.807, 2.05) is 0 Å². The van der Waals surface area contributed by atoms with Gasteiger partial charge in [0.15, 0.2) is 0 Å². The number of piperidine rings is 1. The first-order valence-corrected chi connectivity index (χ1v) is 9.59. The summed E-state index contributed by atoms with van der Waals surface area (Å²) in [7, 11) is 0. The molecule has 0 aromatic heterocycles. The van der Waals surface area contributed by atoms with E-state index in [1.54, 1.807) is 0 Å². The predicted octanol–water partition coefficient (Wildman–Crippen LogP) is 6.13. The van der Waals surface area contributed by atoms with Crippen molar-refractivity contribution in [1.29, 1.82) is 0 Å². The Kier molecular flexibility index (Phi) is 8.94. The Labute approximate surface area is 134 Å². The Morgan fingerprint density at radius 1 is 0.905 bits per heavy atom. The van der Waals surface area contributed by atoms with E-state index >= 15 is 0 Å². The van der Waals surface area contributed by atoms with Crippen LogP contribution in [0.3, 0.4) is 0 Å². The number of hydrogen-bond acceptors (Lipinski definition) is 1. The Balaban J connectivity index is 1.93. The topological polar surface area (TPSA) is 3.24 Å². The van der Waals surface area contributed by atoms with Crippen LogP contribution >= 0.6 is 0 Å². The highest BCUT2D eigenvalue weighted by atomic mass is 15.1. The van der Waals surface area contributed by atoms with E-state index in [1.165, 1.54) is 77.4 Å². The molecule has 1 saturated heterocycles. The minimum Gasteiger partial charge on any atom is -0.303 e. The van der Waals surface area contributed by atoms with Gasteiger partial charge < -0.3 is 4.90 Å². The van der Waals surface area contributed by atoms with Crippen molar-refractivity contribution in [2.75, 3.05) is 19.6 Å². The summed E-state index contributed by atoms with van der Waals surface area (Å²) in [5.74, 6) is 1.90. The third kappa shape index (κ3) is 10.3. The smallest absolute Gasteiger partial charge is 0.00161 e. The summed E-state index contributed by atoms with van der Waals surface area (Å²) in [6.45, 7) is 15.9. The van der Waals surface area contributed by atoms with E-state index in [4.69, 9.17) is 0 Å². The number of rotatable bonds is 9. The summed E-state index contributed by atoms with van der Waals surface area (Å²) in [6.07, 6.45) is 12.9. The van der Waals surface area contributed by atoms with Gasteiger partial charge in [-0.2, -0.15) is 0 Å². The molecule has 0 spiro atoms. The maximum absolute atomic E-state index is 2.71. The molecule has 21 heavy (non-hydrogen) atoms. The maximum atomic E-state index is 2.71. The lowest BCUT2D eigenvalue weighted by molar-refractivity contribution is 0.168. The fourth-order valence-electron chi connectivity index (χ4n) is 3.63. The molecule has 1 aliphatic heterocycles. The summed E-state index contributed by atoms with van der Waals surface area (Å²) < 4.78 is 0. The van der Waals surface area contributed by atoms with Crippen LogP contribution in [0, 0.1) is 17.3 Å². The molecule has 1 heteroatoms. The van der Waals surface area contributed by atoms with Crippen LogP contribution in [0.25, 0.3) is 0 Å². The van der Waals surface area contributed by atoms with Crippen LogP contribution < -0.4 is 0 Å². The summed E-state index contributed by atoms with van der Waals surface area (Å²) in [5, 5.41) is 0. The molecule has 0 aromatic rings. The molecular formula is C20H41N. The second kappa shape index (κ2) is 9.87. The van der Waals surface area contributed by atoms with Gasteiger partial charge in [0.2, 0.25) is 0 Å². The van der Waals surface area contributed by atoms with Crippen molar-refractivity contribution in [2.45, 2.75) is 92.4 Å². The van der Waals surface area contributed by atoms with E-state index in [-0.39, 0.29) is 0 Å². The molecule has 0 aromatic carbocycles. The Morgan fingerprint density at radius 3 is 2.05 bits per heavy atom. The number of hydrogen-bond donors (Lipinski definition) is 0. The molecule has 0 amide bonds. The monoisotopic (exact) mass is 295 g/mol. The van der Waals surface area contributed by atoms with Crippen LogP contribution in [0.15, 0.2) is 0 Å². The van der Waals surface area contributed by atoms with E-state index in [9.17, 15) is 0 Å². The highest BCUT2D eigenvalue weighted by Crippen LogP contribution is 2.25. The molecule has 0 unspecified atom stereocenters. The van der Waals surface area contributed by atoms with Gasteiger partial charge in [-0.05, 0) is 69.0 Å². The third-order valence-corrected chi connectivity index (χ3v) is 4.91. The molecule has 0 radical (unpaired) electrons. The van der Waals surface area contributed by atoms with Gasteiger partial charge in [-0.25, -0.2) is 0 Å². The molecule has 0 N–H and O–H groups in total. The van der Waals surface area contributed by atoms with Crippen molar-refractivity contribution in [3.05, 3.63) is 0 Å². The summed E-state index contributed by atoms with van der Waals surface area (Å²) in [6, 6.07) is 0. The zero-order valence-corrected chi connectivity index (χ0v) is 15.6. The van der Waals surface area contributed by atoms with Crippen molar-refractivity contribution in [1.82, 2.24) is 4.90 Å². The average Bonchev–Trinajstić information content (AvgIpc) is 2.37. The SMILES string of the molecule is CC(C)CC1CCN(CCCCCCCC(C)(C)C)CC1. The second-order valence-corrected chi connectivity index (χ2v) is 8.99. The Morgan fingerprint density at radius 2 is 1.48 bits per heavy atom. The molecule has 1 nitrogen and oxygen atoms in total. The Bertz CT molecular complexity index is 243. The van der Waals surface area contributed by atoms with E-state index in [0.717, 1.165) is 11.8 Å². The summed E-state index contributed by atoms with van der Waals surface area (Å²) in [5.41, 5.74) is 0.528. The molecule has 1 rings (SSSR count). The number of likely N-dealkylation sites (tertiary alicyclic amines) is 1. The largest absolute Gasteiger partial charge is 0.303 e. The molecule has 126 valence electrons. The van der Waals surface area contributed by atoms with Gasteiger partial charge in [0.05, 0.1) is 0 Å². The van der Waals surface area contributed by atoms with Gasteiger partial charge >= 0.3 is 0 Å². The first kappa shape index (κ1) is 19.0. The Hall–Kier alpha value is -0.0400. The molecular weight excluding hydrogens is 254 g/mol. The van der Waals surface area contributed by atoms with Crippen molar-refractivity contribution in [3.8, 4) is 0 Å². The lowest BCUT2D eigenvalue weighted by atomic mass is 9.88. The first-order chi connectivity index (χ1) is 9.87. The van der Waals surface area contributed by atoms with Crippen molar-refractivity contribution < 1.29 is 0 Å². The lowest BCUT2D eigenvalue weighted by Crippen LogP contribution is -2.34. The maximum Gasteiger partial charge on any atom is -0.00161 e. The molecule has 1 aliphatic rings. The van der Waals surface area contributed by atoms with E-state index in [2.05, 4.69) is 39.5 Å². The van der Waals surface area contributed by atoms with E-state index < -0.39 is 0 Å². The minimum atomic E-state index is 0.528. The van der Waals surface area contributed by atoms with E-state index in [0.29, 0.717) is 5.41 Å². The summed E-state index contributed by atoms with van der Waals surface area (Å²) in [4.78, 5) is 2.71. The number of nitrogens with zero attached hydrogens (tertiary/aromatic N) is 1. The van der Waals surface area contributed by atoms with Crippen molar-refractivity contribution in [3.63, 3.8) is 0 Å². The zero-order valence-electron chi connectivity index (χ0n) is 15.6. The van der Waals surface area contributed by atoms with Gasteiger partial charge in [-0.3, -0.25) is 0 Å². The van der Waals surface area contributed by atoms with Crippen molar-refractivity contribution in [2.24, 2.45) is 17.3 Å².